The topological polar surface area (TPSA) is 148 Å². The van der Waals surface area contributed by atoms with Crippen LogP contribution in [0.25, 0.3) is 22.3 Å². The summed E-state index contributed by atoms with van der Waals surface area (Å²) in [6, 6.07) is 6.58. The molecule has 0 aliphatic heterocycles. The first-order chi connectivity index (χ1) is 16.3. The first-order valence-electron chi connectivity index (χ1n) is 10.4. The second-order valence-corrected chi connectivity index (χ2v) is 9.78. The highest BCUT2D eigenvalue weighted by molar-refractivity contribution is 7.92. The van der Waals surface area contributed by atoms with Gasteiger partial charge in [-0.15, -0.1) is 0 Å². The summed E-state index contributed by atoms with van der Waals surface area (Å²) in [4.78, 5) is 31.0. The lowest BCUT2D eigenvalue weighted by Gasteiger charge is -2.15. The molecule has 0 unspecified atom stereocenters. The number of fused-ring (bicyclic) bond motifs is 1. The molecule has 12 heteroatoms. The third-order valence-electron chi connectivity index (χ3n) is 5.31. The number of benzene rings is 1. The molecule has 4 aromatic rings. The summed E-state index contributed by atoms with van der Waals surface area (Å²) in [5.41, 5.74) is 3.05. The average molecular weight is 481 g/mol. The maximum atomic E-state index is 12.6. The molecule has 11 nitrogen and oxygen atoms in total. The molecule has 3 N–H and O–H groups in total. The van der Waals surface area contributed by atoms with E-state index in [1.165, 1.54) is 7.11 Å². The summed E-state index contributed by atoms with van der Waals surface area (Å²) in [5, 5.41) is 6.10. The number of ether oxygens (including phenoxy) is 1. The van der Waals surface area contributed by atoms with E-state index in [2.05, 4.69) is 30.6 Å². The number of hydrogen-bond donors (Lipinski definition) is 3. The predicted octanol–water partition coefficient (Wildman–Crippen LogP) is 3.42. The molecule has 0 saturated carbocycles. The lowest BCUT2D eigenvalue weighted by Crippen LogP contribution is -2.13. The molecule has 0 saturated heterocycles. The van der Waals surface area contributed by atoms with Crippen LogP contribution < -0.4 is 10.6 Å². The maximum absolute atomic E-state index is 12.6. The van der Waals surface area contributed by atoms with Gasteiger partial charge < -0.3 is 19.9 Å². The van der Waals surface area contributed by atoms with Gasteiger partial charge in [0.15, 0.2) is 17.3 Å². The van der Waals surface area contributed by atoms with Gasteiger partial charge in [0, 0.05) is 36.6 Å². The first kappa shape index (κ1) is 23.1. The van der Waals surface area contributed by atoms with E-state index < -0.39 is 15.7 Å². The number of anilines is 3. The number of imidazole rings is 1. The van der Waals surface area contributed by atoms with Crippen LogP contribution in [0.5, 0.6) is 0 Å². The minimum atomic E-state index is -2.83. The van der Waals surface area contributed by atoms with Crippen molar-refractivity contribution in [1.29, 1.82) is 4.78 Å². The number of methoxy groups -OCH3 is 1. The van der Waals surface area contributed by atoms with Crippen LogP contribution in [0, 0.1) is 4.78 Å². The van der Waals surface area contributed by atoms with Crippen LogP contribution in [-0.2, 0) is 21.5 Å². The van der Waals surface area contributed by atoms with Crippen molar-refractivity contribution in [2.45, 2.75) is 11.8 Å². The summed E-state index contributed by atoms with van der Waals surface area (Å²) in [5.74, 6) is 0.141. The molecule has 1 atom stereocenters. The predicted molar refractivity (Wildman–Crippen MR) is 130 cm³/mol. The van der Waals surface area contributed by atoms with Gasteiger partial charge in [0.25, 0.3) is 0 Å². The summed E-state index contributed by atoms with van der Waals surface area (Å²) in [7, 11) is 2.00. The Hall–Kier alpha value is -4.06. The van der Waals surface area contributed by atoms with E-state index in [0.717, 1.165) is 5.52 Å². The quantitative estimate of drug-likeness (QED) is 0.338. The number of nitrogens with zero attached hydrogens (tertiary/aromatic N) is 5. The van der Waals surface area contributed by atoms with E-state index in [0.29, 0.717) is 33.2 Å². The molecule has 0 spiro atoms. The molecule has 0 aliphatic carbocycles. The fourth-order valence-corrected chi connectivity index (χ4v) is 4.31. The van der Waals surface area contributed by atoms with E-state index in [4.69, 9.17) is 9.52 Å². The molecule has 0 radical (unpaired) electrons. The maximum Gasteiger partial charge on any atom is 0.360 e. The van der Waals surface area contributed by atoms with E-state index in [1.807, 2.05) is 11.6 Å². The zero-order chi connectivity index (χ0) is 24.5. The van der Waals surface area contributed by atoms with Gasteiger partial charge in [-0.05, 0) is 24.3 Å². The van der Waals surface area contributed by atoms with Crippen LogP contribution in [-0.4, -0.2) is 54.6 Å². The fraction of sp³-hybridized carbons (Fsp3) is 0.227. The minimum absolute atomic E-state index is 0.0219. The van der Waals surface area contributed by atoms with Crippen LogP contribution in [0.4, 0.5) is 17.3 Å². The lowest BCUT2D eigenvalue weighted by molar-refractivity contribution is 0.0595. The van der Waals surface area contributed by atoms with E-state index in [1.54, 1.807) is 57.0 Å². The lowest BCUT2D eigenvalue weighted by atomic mass is 10.1. The van der Waals surface area contributed by atoms with Crippen LogP contribution in [0.2, 0.25) is 0 Å². The third kappa shape index (κ3) is 4.15. The second-order valence-electron chi connectivity index (χ2n) is 7.38. The molecule has 0 amide bonds. The Kier molecular flexibility index (Phi) is 6.16. The van der Waals surface area contributed by atoms with Crippen molar-refractivity contribution in [3.8, 4) is 11.3 Å². The number of esters is 1. The molecule has 0 aliphatic rings. The Morgan fingerprint density at radius 1 is 1.18 bits per heavy atom. The van der Waals surface area contributed by atoms with Crippen molar-refractivity contribution >= 4 is 44.1 Å². The number of aromatic nitrogens is 5. The Bertz CT molecular complexity index is 1480. The fourth-order valence-electron chi connectivity index (χ4n) is 3.40. The molecule has 4 rings (SSSR count). The normalized spacial score (nSPS) is 12.8. The highest BCUT2D eigenvalue weighted by Crippen LogP contribution is 2.32. The van der Waals surface area contributed by atoms with Crippen molar-refractivity contribution in [2.75, 3.05) is 30.5 Å². The molecule has 3 aromatic heterocycles. The van der Waals surface area contributed by atoms with Crippen molar-refractivity contribution in [3.63, 3.8) is 0 Å². The van der Waals surface area contributed by atoms with Crippen molar-refractivity contribution in [3.05, 3.63) is 48.7 Å². The number of nitrogens with one attached hydrogen (secondary N) is 3. The van der Waals surface area contributed by atoms with Crippen LogP contribution >= 0.6 is 0 Å². The van der Waals surface area contributed by atoms with Crippen molar-refractivity contribution < 1.29 is 13.7 Å². The summed E-state index contributed by atoms with van der Waals surface area (Å²) >= 11 is 0. The molecule has 0 bridgehead atoms. The number of hydrogen-bond acceptors (Lipinski definition) is 10. The summed E-state index contributed by atoms with van der Waals surface area (Å²) < 4.78 is 27.0. The van der Waals surface area contributed by atoms with Gasteiger partial charge in [-0.3, -0.25) is 4.98 Å². The SMILES string of the molecule is CC[S@](=N)(=O)c1ccc(Nc2nc(NC)c(-c3cncc4c3ncn4C)nc2C(=O)OC)cc1. The monoisotopic (exact) mass is 480 g/mol. The second kappa shape index (κ2) is 9.06. The summed E-state index contributed by atoms with van der Waals surface area (Å²) in [6.07, 6.45) is 5.00. The molecule has 1 aromatic carbocycles. The number of pyridine rings is 1. The van der Waals surface area contributed by atoms with Gasteiger partial charge in [-0.2, -0.15) is 0 Å². The van der Waals surface area contributed by atoms with Crippen molar-refractivity contribution in [2.24, 2.45) is 7.05 Å². The number of carbonyl (C=O) groups excluding carboxylic acids is 1. The van der Waals surface area contributed by atoms with Gasteiger partial charge in [-0.25, -0.2) is 28.7 Å². The smallest absolute Gasteiger partial charge is 0.360 e. The van der Waals surface area contributed by atoms with Crippen molar-refractivity contribution in [1.82, 2.24) is 24.5 Å². The highest BCUT2D eigenvalue weighted by Gasteiger charge is 2.23. The van der Waals surface area contributed by atoms with Gasteiger partial charge in [0.2, 0.25) is 0 Å². The van der Waals surface area contributed by atoms with Crippen LogP contribution in [0.1, 0.15) is 17.4 Å². The molecular weight excluding hydrogens is 456 g/mol. The number of carbonyl (C=O) groups is 1. The Balaban J connectivity index is 1.82. The molecule has 176 valence electrons. The number of aryl methyl sites for hydroxylation is 1. The molecule has 34 heavy (non-hydrogen) atoms. The standard InChI is InChI=1S/C22H24N8O3S/c1-5-34(23,32)14-8-6-13(7-9-14)27-21-19(22(31)33-4)28-18(20(24-2)29-21)15-10-25-11-16-17(15)26-12-30(16)3/h6-12,23H,5H2,1-4H3,(H2,24,27,29)/t34-/m0/s1. The Morgan fingerprint density at radius 2 is 1.91 bits per heavy atom. The minimum Gasteiger partial charge on any atom is -0.464 e. The Labute approximate surface area is 196 Å². The molecule has 3 heterocycles. The zero-order valence-electron chi connectivity index (χ0n) is 19.1. The summed E-state index contributed by atoms with van der Waals surface area (Å²) in [6.45, 7) is 1.71. The first-order valence-corrected chi connectivity index (χ1v) is 12.1. The van der Waals surface area contributed by atoms with Gasteiger partial charge in [0.05, 0.1) is 40.4 Å². The number of rotatable bonds is 7. The third-order valence-corrected chi connectivity index (χ3v) is 7.16. The molecular formula is C22H24N8O3S. The zero-order valence-corrected chi connectivity index (χ0v) is 19.9. The molecule has 0 fully saturated rings. The van der Waals surface area contributed by atoms with E-state index in [-0.39, 0.29) is 17.3 Å². The van der Waals surface area contributed by atoms with E-state index in [9.17, 15) is 9.00 Å². The highest BCUT2D eigenvalue weighted by atomic mass is 32.2. The largest absolute Gasteiger partial charge is 0.464 e. The Morgan fingerprint density at radius 3 is 2.56 bits per heavy atom. The average Bonchev–Trinajstić information content (AvgIpc) is 3.24. The van der Waals surface area contributed by atoms with Gasteiger partial charge in [-0.1, -0.05) is 6.92 Å². The van der Waals surface area contributed by atoms with Gasteiger partial charge >= 0.3 is 5.97 Å². The van der Waals surface area contributed by atoms with Gasteiger partial charge in [0.1, 0.15) is 11.2 Å². The van der Waals surface area contributed by atoms with E-state index >= 15 is 0 Å². The van der Waals surface area contributed by atoms with Crippen LogP contribution in [0.15, 0.2) is 47.9 Å². The van der Waals surface area contributed by atoms with Crippen LogP contribution in [0.3, 0.4) is 0 Å².